The third-order valence-electron chi connectivity index (χ3n) is 5.02. The van der Waals surface area contributed by atoms with Crippen LogP contribution in [0.3, 0.4) is 0 Å². The Morgan fingerprint density at radius 3 is 2.61 bits per heavy atom. The molecule has 33 heavy (non-hydrogen) atoms. The van der Waals surface area contributed by atoms with Crippen molar-refractivity contribution >= 4 is 36.0 Å². The summed E-state index contributed by atoms with van der Waals surface area (Å²) in [5.74, 6) is -0.260. The van der Waals surface area contributed by atoms with Gasteiger partial charge in [0.2, 0.25) is 7.37 Å². The first kappa shape index (κ1) is 22.9. The molecule has 1 amide bonds. The van der Waals surface area contributed by atoms with Crippen molar-refractivity contribution in [3.63, 3.8) is 0 Å². The highest BCUT2D eigenvalue weighted by atomic mass is 32.1. The maximum absolute atomic E-state index is 12.8. The topological polar surface area (TPSA) is 94.3 Å². The summed E-state index contributed by atoms with van der Waals surface area (Å²) in [6.45, 7) is 1.86. The van der Waals surface area contributed by atoms with Gasteiger partial charge in [-0.3, -0.25) is 14.3 Å². The smallest absolute Gasteiger partial charge is 0.255 e. The van der Waals surface area contributed by atoms with Crippen molar-refractivity contribution in [2.24, 2.45) is 0 Å². The van der Waals surface area contributed by atoms with E-state index in [-0.39, 0.29) is 18.7 Å². The minimum atomic E-state index is -2.85. The van der Waals surface area contributed by atoms with E-state index in [9.17, 15) is 9.36 Å². The number of pyridine rings is 1. The molecular weight excluding hydrogens is 453 g/mol. The lowest BCUT2D eigenvalue weighted by atomic mass is 10.1. The third-order valence-corrected chi connectivity index (χ3v) is 7.55. The number of carbonyl (C=O) groups excluding carboxylic acids is 1. The number of nitrogens with zero attached hydrogens (tertiary/aromatic N) is 1. The standard InChI is InChI=1S/C25H24N3O3PS/c1-32(30,31-16-19-4-2-12-27-15-19)17-18-6-8-20(9-7-18)25(29)28-23-14-21(10-11-22(23)26)24-5-3-13-33-24/h2-15H,16-17,26H2,1H3,(H,28,29). The van der Waals surface area contributed by atoms with Gasteiger partial charge in [0.05, 0.1) is 18.0 Å². The minimum absolute atomic E-state index is 0.244. The summed E-state index contributed by atoms with van der Waals surface area (Å²) in [5, 5.41) is 4.89. The number of rotatable bonds is 8. The van der Waals surface area contributed by atoms with E-state index < -0.39 is 7.37 Å². The molecule has 2 heterocycles. The van der Waals surface area contributed by atoms with Gasteiger partial charge in [0, 0.05) is 35.7 Å². The molecule has 0 saturated carbocycles. The fourth-order valence-electron chi connectivity index (χ4n) is 3.29. The molecule has 3 N–H and O–H groups in total. The fourth-order valence-corrected chi connectivity index (χ4v) is 5.40. The van der Waals surface area contributed by atoms with Crippen LogP contribution in [0.25, 0.3) is 10.4 Å². The third kappa shape index (κ3) is 6.17. The molecule has 0 aliphatic rings. The van der Waals surface area contributed by atoms with E-state index in [1.807, 2.05) is 41.8 Å². The molecule has 168 valence electrons. The minimum Gasteiger partial charge on any atom is -0.397 e. The second-order valence-corrected chi connectivity index (χ2v) is 11.3. The van der Waals surface area contributed by atoms with Crippen molar-refractivity contribution < 1.29 is 13.9 Å². The summed E-state index contributed by atoms with van der Waals surface area (Å²) < 4.78 is 18.5. The van der Waals surface area contributed by atoms with Gasteiger partial charge in [-0.05, 0) is 58.5 Å². The highest BCUT2D eigenvalue weighted by Gasteiger charge is 2.18. The normalized spacial score (nSPS) is 12.8. The van der Waals surface area contributed by atoms with Crippen molar-refractivity contribution in [2.45, 2.75) is 12.8 Å². The zero-order valence-electron chi connectivity index (χ0n) is 18.1. The van der Waals surface area contributed by atoms with E-state index in [0.717, 1.165) is 21.6 Å². The van der Waals surface area contributed by atoms with Gasteiger partial charge in [-0.25, -0.2) is 0 Å². The number of nitrogens with two attached hydrogens (primary N) is 1. The lowest BCUT2D eigenvalue weighted by Gasteiger charge is -2.14. The molecule has 4 rings (SSSR count). The molecule has 0 radical (unpaired) electrons. The average molecular weight is 478 g/mol. The molecule has 0 aliphatic heterocycles. The maximum atomic E-state index is 12.8. The highest BCUT2D eigenvalue weighted by Crippen LogP contribution is 2.47. The average Bonchev–Trinajstić information content (AvgIpc) is 3.35. The van der Waals surface area contributed by atoms with Gasteiger partial charge in [-0.2, -0.15) is 0 Å². The quantitative estimate of drug-likeness (QED) is 0.230. The number of anilines is 2. The Labute approximate surface area is 196 Å². The number of carbonyl (C=O) groups is 1. The maximum Gasteiger partial charge on any atom is 0.255 e. The monoisotopic (exact) mass is 477 g/mol. The summed E-state index contributed by atoms with van der Waals surface area (Å²) in [5.41, 5.74) is 10.3. The molecule has 2 aromatic heterocycles. The number of benzene rings is 2. The van der Waals surface area contributed by atoms with Crippen LogP contribution in [0.2, 0.25) is 0 Å². The number of hydrogen-bond donors (Lipinski definition) is 2. The van der Waals surface area contributed by atoms with Crippen LogP contribution >= 0.6 is 18.7 Å². The number of aromatic nitrogens is 1. The Morgan fingerprint density at radius 2 is 1.91 bits per heavy atom. The van der Waals surface area contributed by atoms with Crippen LogP contribution in [-0.4, -0.2) is 17.6 Å². The van der Waals surface area contributed by atoms with Gasteiger partial charge in [0.25, 0.3) is 5.91 Å². The first-order valence-electron chi connectivity index (χ1n) is 10.3. The molecule has 1 atom stereocenters. The van der Waals surface area contributed by atoms with Crippen LogP contribution in [0, 0.1) is 0 Å². The number of nitrogen functional groups attached to an aromatic ring is 1. The lowest BCUT2D eigenvalue weighted by Crippen LogP contribution is -2.13. The van der Waals surface area contributed by atoms with E-state index in [4.69, 9.17) is 10.3 Å². The first-order chi connectivity index (χ1) is 15.9. The van der Waals surface area contributed by atoms with E-state index >= 15 is 0 Å². The van der Waals surface area contributed by atoms with Crippen LogP contribution in [0.15, 0.2) is 84.5 Å². The van der Waals surface area contributed by atoms with Crippen molar-refractivity contribution in [1.82, 2.24) is 4.98 Å². The molecule has 8 heteroatoms. The fraction of sp³-hybridized carbons (Fsp3) is 0.120. The largest absolute Gasteiger partial charge is 0.397 e. The molecule has 0 aliphatic carbocycles. The predicted octanol–water partition coefficient (Wildman–Crippen LogP) is 6.27. The van der Waals surface area contributed by atoms with Crippen LogP contribution in [-0.2, 0) is 21.9 Å². The van der Waals surface area contributed by atoms with Gasteiger partial charge >= 0.3 is 0 Å². The van der Waals surface area contributed by atoms with Crippen molar-refractivity contribution in [1.29, 1.82) is 0 Å². The molecular formula is C25H24N3O3PS. The highest BCUT2D eigenvalue weighted by molar-refractivity contribution is 7.57. The Morgan fingerprint density at radius 1 is 1.09 bits per heavy atom. The van der Waals surface area contributed by atoms with Gasteiger partial charge in [0.1, 0.15) is 0 Å². The SMILES string of the molecule is CP(=O)(Cc1ccc(C(=O)Nc2cc(-c3cccs3)ccc2N)cc1)OCc1cccnc1. The lowest BCUT2D eigenvalue weighted by molar-refractivity contribution is 0.102. The van der Waals surface area contributed by atoms with Crippen LogP contribution < -0.4 is 11.1 Å². The zero-order valence-corrected chi connectivity index (χ0v) is 19.8. The van der Waals surface area contributed by atoms with Gasteiger partial charge in [-0.15, -0.1) is 11.3 Å². The molecule has 1 unspecified atom stereocenters. The molecule has 6 nitrogen and oxygen atoms in total. The Bertz CT molecular complexity index is 1280. The zero-order chi connectivity index (χ0) is 23.3. The van der Waals surface area contributed by atoms with E-state index in [0.29, 0.717) is 16.9 Å². The molecule has 0 bridgehead atoms. The molecule has 0 spiro atoms. The van der Waals surface area contributed by atoms with Gasteiger partial charge in [-0.1, -0.05) is 30.3 Å². The number of thiophene rings is 1. The summed E-state index contributed by atoms with van der Waals surface area (Å²) >= 11 is 1.62. The Balaban J connectivity index is 1.39. The summed E-state index contributed by atoms with van der Waals surface area (Å²) in [4.78, 5) is 17.9. The first-order valence-corrected chi connectivity index (χ1v) is 13.5. The second kappa shape index (κ2) is 10.1. The molecule has 0 saturated heterocycles. The molecule has 2 aromatic carbocycles. The summed E-state index contributed by atoms with van der Waals surface area (Å²) in [6.07, 6.45) is 3.66. The van der Waals surface area contributed by atoms with Crippen molar-refractivity contribution in [2.75, 3.05) is 17.7 Å². The van der Waals surface area contributed by atoms with Crippen LogP contribution in [0.5, 0.6) is 0 Å². The van der Waals surface area contributed by atoms with Gasteiger partial charge < -0.3 is 15.6 Å². The van der Waals surface area contributed by atoms with E-state index in [1.165, 1.54) is 0 Å². The Hall–Kier alpha value is -3.25. The number of hydrogen-bond acceptors (Lipinski definition) is 6. The molecule has 0 fully saturated rings. The van der Waals surface area contributed by atoms with Gasteiger partial charge in [0.15, 0.2) is 0 Å². The number of nitrogens with one attached hydrogen (secondary N) is 1. The summed E-state index contributed by atoms with van der Waals surface area (Å²) in [7, 11) is -2.85. The predicted molar refractivity (Wildman–Crippen MR) is 135 cm³/mol. The van der Waals surface area contributed by atoms with E-state index in [2.05, 4.69) is 10.3 Å². The Kier molecular flexibility index (Phi) is 7.04. The van der Waals surface area contributed by atoms with E-state index in [1.54, 1.807) is 60.7 Å². The summed E-state index contributed by atoms with van der Waals surface area (Å²) in [6, 6.07) is 20.3. The van der Waals surface area contributed by atoms with Crippen LogP contribution in [0.4, 0.5) is 11.4 Å². The van der Waals surface area contributed by atoms with Crippen molar-refractivity contribution in [3.8, 4) is 10.4 Å². The second-order valence-electron chi connectivity index (χ2n) is 7.74. The number of amides is 1. The van der Waals surface area contributed by atoms with Crippen LogP contribution in [0.1, 0.15) is 21.5 Å². The van der Waals surface area contributed by atoms with Crippen molar-refractivity contribution in [3.05, 3.63) is 101 Å². The molecule has 4 aromatic rings.